The van der Waals surface area contributed by atoms with Gasteiger partial charge >= 0.3 is 0 Å². The van der Waals surface area contributed by atoms with E-state index in [0.717, 1.165) is 4.47 Å². The largest absolute Gasteiger partial charge is 0.388 e. The van der Waals surface area contributed by atoms with Crippen molar-refractivity contribution in [1.29, 1.82) is 0 Å². The molecule has 0 amide bonds. The number of aliphatic hydroxyl groups excluding tert-OH is 1. The van der Waals surface area contributed by atoms with Gasteiger partial charge in [-0.25, -0.2) is 4.39 Å². The average molecular weight is 277 g/mol. The minimum atomic E-state index is -0.836. The molecule has 15 heavy (non-hydrogen) atoms. The summed E-state index contributed by atoms with van der Waals surface area (Å²) in [4.78, 5) is 0. The van der Waals surface area contributed by atoms with Crippen LogP contribution in [0.5, 0.6) is 0 Å². The van der Waals surface area contributed by atoms with Gasteiger partial charge in [0.05, 0.1) is 12.2 Å². The SMILES string of the molecule is COC(C)CC(O)c1cc(Br)ccc1F. The summed E-state index contributed by atoms with van der Waals surface area (Å²) in [7, 11) is 1.56. The normalized spacial score (nSPS) is 15.0. The smallest absolute Gasteiger partial charge is 0.129 e. The number of halogens is 2. The Hall–Kier alpha value is -0.450. The molecule has 0 radical (unpaired) electrons. The third-order valence-corrected chi connectivity index (χ3v) is 2.77. The zero-order valence-electron chi connectivity index (χ0n) is 8.71. The van der Waals surface area contributed by atoms with Crippen molar-refractivity contribution in [3.63, 3.8) is 0 Å². The van der Waals surface area contributed by atoms with Crippen molar-refractivity contribution in [2.45, 2.75) is 25.6 Å². The highest BCUT2D eigenvalue weighted by molar-refractivity contribution is 9.10. The molecule has 0 aliphatic heterocycles. The van der Waals surface area contributed by atoms with Crippen LogP contribution in [0, 0.1) is 5.82 Å². The molecule has 4 heteroatoms. The van der Waals surface area contributed by atoms with Crippen LogP contribution in [-0.4, -0.2) is 18.3 Å². The van der Waals surface area contributed by atoms with E-state index >= 15 is 0 Å². The maximum Gasteiger partial charge on any atom is 0.129 e. The van der Waals surface area contributed by atoms with Gasteiger partial charge in [-0.3, -0.25) is 0 Å². The van der Waals surface area contributed by atoms with Crippen molar-refractivity contribution < 1.29 is 14.2 Å². The van der Waals surface area contributed by atoms with E-state index in [1.807, 2.05) is 6.92 Å². The zero-order chi connectivity index (χ0) is 11.4. The fraction of sp³-hybridized carbons (Fsp3) is 0.455. The van der Waals surface area contributed by atoms with Crippen molar-refractivity contribution in [2.24, 2.45) is 0 Å². The number of ether oxygens (including phenoxy) is 1. The molecule has 0 saturated carbocycles. The maximum absolute atomic E-state index is 13.4. The highest BCUT2D eigenvalue weighted by atomic mass is 79.9. The Balaban J connectivity index is 2.80. The first-order valence-corrected chi connectivity index (χ1v) is 5.49. The van der Waals surface area contributed by atoms with Crippen molar-refractivity contribution >= 4 is 15.9 Å². The first kappa shape index (κ1) is 12.6. The lowest BCUT2D eigenvalue weighted by Gasteiger charge is -2.16. The second-order valence-corrected chi connectivity index (χ2v) is 4.38. The fourth-order valence-electron chi connectivity index (χ4n) is 1.31. The predicted octanol–water partition coefficient (Wildman–Crippen LogP) is 3.05. The Bertz CT molecular complexity index is 330. The summed E-state index contributed by atoms with van der Waals surface area (Å²) in [5.74, 6) is -0.394. The van der Waals surface area contributed by atoms with Gasteiger partial charge in [-0.15, -0.1) is 0 Å². The predicted molar refractivity (Wildman–Crippen MR) is 60.1 cm³/mol. The van der Waals surface area contributed by atoms with E-state index in [1.165, 1.54) is 6.07 Å². The minimum Gasteiger partial charge on any atom is -0.388 e. The van der Waals surface area contributed by atoms with Crippen molar-refractivity contribution in [2.75, 3.05) is 7.11 Å². The summed E-state index contributed by atoms with van der Waals surface area (Å²) in [6.07, 6.45) is -0.556. The van der Waals surface area contributed by atoms with Crippen LogP contribution < -0.4 is 0 Å². The average Bonchev–Trinajstić information content (AvgIpc) is 2.21. The summed E-state index contributed by atoms with van der Waals surface area (Å²) >= 11 is 3.24. The fourth-order valence-corrected chi connectivity index (χ4v) is 1.69. The van der Waals surface area contributed by atoms with Gasteiger partial charge in [0.25, 0.3) is 0 Å². The monoisotopic (exact) mass is 276 g/mol. The van der Waals surface area contributed by atoms with E-state index in [-0.39, 0.29) is 6.10 Å². The summed E-state index contributed by atoms with van der Waals surface area (Å²) in [5.41, 5.74) is 0.299. The van der Waals surface area contributed by atoms with Gasteiger partial charge in [-0.1, -0.05) is 15.9 Å². The zero-order valence-corrected chi connectivity index (χ0v) is 10.3. The van der Waals surface area contributed by atoms with E-state index in [9.17, 15) is 9.50 Å². The van der Waals surface area contributed by atoms with Crippen LogP contribution in [-0.2, 0) is 4.74 Å². The molecule has 1 aromatic carbocycles. The van der Waals surface area contributed by atoms with Crippen molar-refractivity contribution in [1.82, 2.24) is 0 Å². The summed E-state index contributed by atoms with van der Waals surface area (Å²) < 4.78 is 19.1. The Morgan fingerprint density at radius 3 is 2.80 bits per heavy atom. The molecule has 1 aromatic rings. The minimum absolute atomic E-state index is 0.0987. The lowest BCUT2D eigenvalue weighted by atomic mass is 10.0. The van der Waals surface area contributed by atoms with Crippen LogP contribution in [0.1, 0.15) is 25.0 Å². The number of methoxy groups -OCH3 is 1. The summed E-state index contributed by atoms with van der Waals surface area (Å²) in [6, 6.07) is 4.52. The molecule has 2 atom stereocenters. The number of benzene rings is 1. The number of rotatable bonds is 4. The van der Waals surface area contributed by atoms with Crippen LogP contribution in [0.4, 0.5) is 4.39 Å². The highest BCUT2D eigenvalue weighted by Crippen LogP contribution is 2.25. The van der Waals surface area contributed by atoms with E-state index < -0.39 is 11.9 Å². The molecule has 0 spiro atoms. The summed E-state index contributed by atoms with van der Waals surface area (Å²) in [5, 5.41) is 9.79. The van der Waals surface area contributed by atoms with Gasteiger partial charge in [-0.05, 0) is 25.1 Å². The number of hydrogen-bond donors (Lipinski definition) is 1. The molecule has 0 bridgehead atoms. The molecular weight excluding hydrogens is 263 g/mol. The molecule has 2 nitrogen and oxygen atoms in total. The second kappa shape index (κ2) is 5.58. The van der Waals surface area contributed by atoms with Crippen LogP contribution in [0.3, 0.4) is 0 Å². The first-order valence-electron chi connectivity index (χ1n) is 4.70. The molecule has 2 unspecified atom stereocenters. The van der Waals surface area contributed by atoms with Gasteiger partial charge in [0.1, 0.15) is 5.82 Å². The van der Waals surface area contributed by atoms with Gasteiger partial charge in [0.2, 0.25) is 0 Å². The molecule has 0 aliphatic rings. The molecule has 0 saturated heterocycles. The topological polar surface area (TPSA) is 29.5 Å². The molecule has 0 aliphatic carbocycles. The van der Waals surface area contributed by atoms with Crippen molar-refractivity contribution in [3.05, 3.63) is 34.1 Å². The lowest BCUT2D eigenvalue weighted by Crippen LogP contribution is -2.12. The Kier molecular flexibility index (Phi) is 4.70. The van der Waals surface area contributed by atoms with E-state index in [1.54, 1.807) is 19.2 Å². The molecular formula is C11H14BrFO2. The molecule has 84 valence electrons. The van der Waals surface area contributed by atoms with E-state index in [4.69, 9.17) is 4.74 Å². The van der Waals surface area contributed by atoms with Gasteiger partial charge in [0.15, 0.2) is 0 Å². The number of aliphatic hydroxyl groups is 1. The third kappa shape index (κ3) is 3.55. The standard InChI is InChI=1S/C11H14BrFO2/c1-7(15-2)5-11(14)9-6-8(12)3-4-10(9)13/h3-4,6-7,11,14H,5H2,1-2H3. The van der Waals surface area contributed by atoms with E-state index in [2.05, 4.69) is 15.9 Å². The van der Waals surface area contributed by atoms with Crippen LogP contribution in [0.15, 0.2) is 22.7 Å². The van der Waals surface area contributed by atoms with Gasteiger partial charge < -0.3 is 9.84 Å². The van der Waals surface area contributed by atoms with Crippen LogP contribution in [0.2, 0.25) is 0 Å². The van der Waals surface area contributed by atoms with Crippen LogP contribution in [0.25, 0.3) is 0 Å². The Morgan fingerprint density at radius 1 is 1.53 bits per heavy atom. The first-order chi connectivity index (χ1) is 7.04. The van der Waals surface area contributed by atoms with Gasteiger partial charge in [0, 0.05) is 23.6 Å². The molecule has 1 N–H and O–H groups in total. The molecule has 0 heterocycles. The Labute approximate surface area is 97.2 Å². The lowest BCUT2D eigenvalue weighted by molar-refractivity contribution is 0.0546. The quantitative estimate of drug-likeness (QED) is 0.916. The van der Waals surface area contributed by atoms with Gasteiger partial charge in [-0.2, -0.15) is 0 Å². The highest BCUT2D eigenvalue weighted by Gasteiger charge is 2.16. The molecule has 0 fully saturated rings. The van der Waals surface area contributed by atoms with Crippen molar-refractivity contribution in [3.8, 4) is 0 Å². The summed E-state index contributed by atoms with van der Waals surface area (Å²) in [6.45, 7) is 1.83. The van der Waals surface area contributed by atoms with Crippen LogP contribution >= 0.6 is 15.9 Å². The molecule has 1 rings (SSSR count). The molecule has 0 aromatic heterocycles. The maximum atomic E-state index is 13.4. The second-order valence-electron chi connectivity index (χ2n) is 3.46. The van der Waals surface area contributed by atoms with E-state index in [0.29, 0.717) is 12.0 Å². The third-order valence-electron chi connectivity index (χ3n) is 2.27. The number of hydrogen-bond acceptors (Lipinski definition) is 2. The Morgan fingerprint density at radius 2 is 2.20 bits per heavy atom.